The van der Waals surface area contributed by atoms with Gasteiger partial charge in [0, 0.05) is 13.7 Å². The SMILES string of the molecule is COCCn1c(N)c(NCC2(C(C)C)CC2)c(=O)[nH]c1=O. The standard InChI is InChI=1S/C14H24N4O3/c1-9(2)14(4-5-14)8-16-10-11(15)18(6-7-21-3)13(20)17-12(10)19/h9,16H,4-8,15H2,1-3H3,(H,17,19,20). The van der Waals surface area contributed by atoms with Gasteiger partial charge in [0.2, 0.25) is 0 Å². The number of anilines is 2. The maximum atomic E-state index is 12.0. The maximum Gasteiger partial charge on any atom is 0.330 e. The first-order valence-electron chi connectivity index (χ1n) is 7.26. The molecule has 0 unspecified atom stereocenters. The number of nitrogens with zero attached hydrogens (tertiary/aromatic N) is 1. The van der Waals surface area contributed by atoms with Crippen molar-refractivity contribution in [2.24, 2.45) is 11.3 Å². The normalized spacial score (nSPS) is 16.2. The molecule has 2 rings (SSSR count). The third-order valence-corrected chi connectivity index (χ3v) is 4.49. The molecule has 1 heterocycles. The summed E-state index contributed by atoms with van der Waals surface area (Å²) in [6.07, 6.45) is 2.30. The largest absolute Gasteiger partial charge is 0.383 e. The molecule has 0 spiro atoms. The second-order valence-electron chi connectivity index (χ2n) is 6.03. The number of nitrogens with one attached hydrogen (secondary N) is 2. The van der Waals surface area contributed by atoms with Crippen LogP contribution in [0.2, 0.25) is 0 Å². The Balaban J connectivity index is 2.23. The second kappa shape index (κ2) is 5.93. The smallest absolute Gasteiger partial charge is 0.330 e. The molecule has 7 heteroatoms. The van der Waals surface area contributed by atoms with E-state index in [0.29, 0.717) is 25.6 Å². The summed E-state index contributed by atoms with van der Waals surface area (Å²) in [7, 11) is 1.55. The summed E-state index contributed by atoms with van der Waals surface area (Å²) >= 11 is 0. The zero-order valence-electron chi connectivity index (χ0n) is 12.9. The number of nitrogens with two attached hydrogens (primary N) is 1. The van der Waals surface area contributed by atoms with Crippen molar-refractivity contribution in [3.8, 4) is 0 Å². The monoisotopic (exact) mass is 296 g/mol. The van der Waals surface area contributed by atoms with Crippen LogP contribution in [0.3, 0.4) is 0 Å². The number of H-pyrrole nitrogens is 1. The number of methoxy groups -OCH3 is 1. The van der Waals surface area contributed by atoms with E-state index in [-0.39, 0.29) is 16.9 Å². The number of aromatic nitrogens is 2. The Morgan fingerprint density at radius 2 is 2.10 bits per heavy atom. The van der Waals surface area contributed by atoms with Gasteiger partial charge in [-0.3, -0.25) is 14.3 Å². The molecule has 1 fully saturated rings. The van der Waals surface area contributed by atoms with Crippen LogP contribution >= 0.6 is 0 Å². The van der Waals surface area contributed by atoms with Gasteiger partial charge in [-0.15, -0.1) is 0 Å². The molecule has 118 valence electrons. The Hall–Kier alpha value is -1.76. The van der Waals surface area contributed by atoms with E-state index >= 15 is 0 Å². The summed E-state index contributed by atoms with van der Waals surface area (Å²) in [5.74, 6) is 0.713. The average molecular weight is 296 g/mol. The number of hydrogen-bond donors (Lipinski definition) is 3. The van der Waals surface area contributed by atoms with E-state index in [1.54, 1.807) is 7.11 Å². The van der Waals surface area contributed by atoms with E-state index in [0.717, 1.165) is 12.8 Å². The number of ether oxygens (including phenoxy) is 1. The summed E-state index contributed by atoms with van der Waals surface area (Å²) in [6, 6.07) is 0. The summed E-state index contributed by atoms with van der Waals surface area (Å²) < 4.78 is 6.28. The molecule has 0 amide bonds. The molecule has 0 bridgehead atoms. The fourth-order valence-electron chi connectivity index (χ4n) is 2.55. The van der Waals surface area contributed by atoms with E-state index in [1.807, 2.05) is 0 Å². The van der Waals surface area contributed by atoms with Crippen LogP contribution in [0.5, 0.6) is 0 Å². The van der Waals surface area contributed by atoms with E-state index in [9.17, 15) is 9.59 Å². The Bertz CT molecular complexity index is 614. The molecule has 21 heavy (non-hydrogen) atoms. The fourth-order valence-corrected chi connectivity index (χ4v) is 2.55. The van der Waals surface area contributed by atoms with Gasteiger partial charge in [0.05, 0.1) is 13.2 Å². The van der Waals surface area contributed by atoms with Crippen molar-refractivity contribution in [2.75, 3.05) is 31.3 Å². The van der Waals surface area contributed by atoms with Crippen LogP contribution in [0.4, 0.5) is 11.5 Å². The van der Waals surface area contributed by atoms with Gasteiger partial charge in [-0.1, -0.05) is 13.8 Å². The molecule has 1 saturated carbocycles. The summed E-state index contributed by atoms with van der Waals surface area (Å²) in [6.45, 7) is 5.72. The van der Waals surface area contributed by atoms with Crippen molar-refractivity contribution in [1.29, 1.82) is 0 Å². The molecule has 1 aromatic heterocycles. The molecule has 4 N–H and O–H groups in total. The molecule has 0 atom stereocenters. The molecule has 0 aromatic carbocycles. The Morgan fingerprint density at radius 3 is 2.62 bits per heavy atom. The van der Waals surface area contributed by atoms with Crippen molar-refractivity contribution < 1.29 is 4.74 Å². The summed E-state index contributed by atoms with van der Waals surface area (Å²) in [5, 5.41) is 3.14. The van der Waals surface area contributed by atoms with Crippen LogP contribution in [0, 0.1) is 11.3 Å². The molecule has 1 aliphatic rings. The van der Waals surface area contributed by atoms with Crippen LogP contribution in [0.25, 0.3) is 0 Å². The summed E-state index contributed by atoms with van der Waals surface area (Å²) in [4.78, 5) is 26.0. The summed E-state index contributed by atoms with van der Waals surface area (Å²) in [5.41, 5.74) is 5.52. The molecule has 1 aliphatic carbocycles. The minimum atomic E-state index is -0.509. The molecule has 1 aromatic rings. The number of hydrogen-bond acceptors (Lipinski definition) is 5. The van der Waals surface area contributed by atoms with E-state index in [1.165, 1.54) is 4.57 Å². The zero-order chi connectivity index (χ0) is 15.6. The number of aromatic amines is 1. The van der Waals surface area contributed by atoms with Crippen LogP contribution < -0.4 is 22.3 Å². The van der Waals surface area contributed by atoms with Crippen molar-refractivity contribution in [1.82, 2.24) is 9.55 Å². The van der Waals surface area contributed by atoms with E-state index in [4.69, 9.17) is 10.5 Å². The highest BCUT2D eigenvalue weighted by atomic mass is 16.5. The van der Waals surface area contributed by atoms with Gasteiger partial charge in [-0.2, -0.15) is 0 Å². The lowest BCUT2D eigenvalue weighted by Crippen LogP contribution is -2.36. The molecular weight excluding hydrogens is 272 g/mol. The van der Waals surface area contributed by atoms with Crippen LogP contribution in [0.15, 0.2) is 9.59 Å². The topological polar surface area (TPSA) is 102 Å². The van der Waals surface area contributed by atoms with Crippen LogP contribution in [-0.4, -0.2) is 29.8 Å². The Kier molecular flexibility index (Phi) is 4.41. The minimum Gasteiger partial charge on any atom is -0.383 e. The highest BCUT2D eigenvalue weighted by molar-refractivity contribution is 5.60. The Morgan fingerprint density at radius 1 is 1.43 bits per heavy atom. The molecule has 0 saturated heterocycles. The van der Waals surface area contributed by atoms with Gasteiger partial charge in [-0.05, 0) is 24.2 Å². The average Bonchev–Trinajstić information content (AvgIpc) is 3.19. The highest BCUT2D eigenvalue weighted by Gasteiger charge is 2.45. The molecular formula is C14H24N4O3. The number of nitrogen functional groups attached to an aromatic ring is 1. The van der Waals surface area contributed by atoms with Crippen molar-refractivity contribution in [2.45, 2.75) is 33.2 Å². The number of rotatable bonds is 7. The predicted molar refractivity (Wildman–Crippen MR) is 82.6 cm³/mol. The quantitative estimate of drug-likeness (QED) is 0.684. The minimum absolute atomic E-state index is 0.167. The lowest BCUT2D eigenvalue weighted by molar-refractivity contribution is 0.186. The fraction of sp³-hybridized carbons (Fsp3) is 0.714. The first kappa shape index (κ1) is 15.6. The van der Waals surface area contributed by atoms with Gasteiger partial charge in [0.25, 0.3) is 5.56 Å². The molecule has 0 aliphatic heterocycles. The molecule has 7 nitrogen and oxygen atoms in total. The van der Waals surface area contributed by atoms with Gasteiger partial charge in [-0.25, -0.2) is 4.79 Å². The lowest BCUT2D eigenvalue weighted by Gasteiger charge is -2.21. The van der Waals surface area contributed by atoms with Gasteiger partial charge >= 0.3 is 5.69 Å². The first-order valence-corrected chi connectivity index (χ1v) is 7.26. The third kappa shape index (κ3) is 3.12. The van der Waals surface area contributed by atoms with E-state index < -0.39 is 11.2 Å². The third-order valence-electron chi connectivity index (χ3n) is 4.49. The Labute approximate surface area is 123 Å². The second-order valence-corrected chi connectivity index (χ2v) is 6.03. The highest BCUT2D eigenvalue weighted by Crippen LogP contribution is 2.51. The maximum absolute atomic E-state index is 12.0. The zero-order valence-corrected chi connectivity index (χ0v) is 12.9. The van der Waals surface area contributed by atoms with E-state index in [2.05, 4.69) is 24.1 Å². The molecule has 0 radical (unpaired) electrons. The van der Waals surface area contributed by atoms with Gasteiger partial charge < -0.3 is 15.8 Å². The van der Waals surface area contributed by atoms with Crippen molar-refractivity contribution >= 4 is 11.5 Å². The van der Waals surface area contributed by atoms with Crippen LogP contribution in [0.1, 0.15) is 26.7 Å². The van der Waals surface area contributed by atoms with Crippen LogP contribution in [-0.2, 0) is 11.3 Å². The first-order chi connectivity index (χ1) is 9.91. The lowest BCUT2D eigenvalue weighted by atomic mass is 9.92. The van der Waals surface area contributed by atoms with Gasteiger partial charge in [0.15, 0.2) is 0 Å². The predicted octanol–water partition coefficient (Wildman–Crippen LogP) is 0.613. The van der Waals surface area contributed by atoms with Crippen molar-refractivity contribution in [3.63, 3.8) is 0 Å². The van der Waals surface area contributed by atoms with Gasteiger partial charge in [0.1, 0.15) is 11.5 Å². The van der Waals surface area contributed by atoms with Crippen molar-refractivity contribution in [3.05, 3.63) is 20.8 Å².